The lowest BCUT2D eigenvalue weighted by atomic mass is 10.1. The van der Waals surface area contributed by atoms with Crippen molar-refractivity contribution in [1.29, 1.82) is 0 Å². The largest absolute Gasteiger partial charge is 0.452 e. The molecule has 0 aliphatic carbocycles. The number of carbonyl (C=O) groups is 2. The summed E-state index contributed by atoms with van der Waals surface area (Å²) in [4.78, 5) is 44.5. The van der Waals surface area contributed by atoms with E-state index in [2.05, 4.69) is 5.32 Å². The second-order valence-electron chi connectivity index (χ2n) is 5.25. The molecule has 0 fully saturated rings. The smallest absolute Gasteiger partial charge is 0.345 e. The number of nitro groups is 2. The van der Waals surface area contributed by atoms with Gasteiger partial charge in [-0.05, 0) is 25.1 Å². The van der Waals surface area contributed by atoms with Crippen LogP contribution in [0.15, 0.2) is 36.4 Å². The summed E-state index contributed by atoms with van der Waals surface area (Å²) >= 11 is 5.66. The highest BCUT2D eigenvalue weighted by atomic mass is 35.5. The van der Waals surface area contributed by atoms with Crippen LogP contribution in [0.2, 0.25) is 5.02 Å². The van der Waals surface area contributed by atoms with Gasteiger partial charge in [0.1, 0.15) is 5.56 Å². The van der Waals surface area contributed by atoms with Gasteiger partial charge in [0.05, 0.1) is 21.1 Å². The lowest BCUT2D eigenvalue weighted by Crippen LogP contribution is -2.21. The monoisotopic (exact) mass is 393 g/mol. The second-order valence-corrected chi connectivity index (χ2v) is 5.69. The van der Waals surface area contributed by atoms with Gasteiger partial charge < -0.3 is 10.1 Å². The molecule has 0 atom stereocenters. The van der Waals surface area contributed by atoms with E-state index in [1.54, 1.807) is 0 Å². The van der Waals surface area contributed by atoms with Crippen LogP contribution in [0, 0.1) is 27.2 Å². The summed E-state index contributed by atoms with van der Waals surface area (Å²) < 4.78 is 4.78. The van der Waals surface area contributed by atoms with E-state index in [1.165, 1.54) is 31.2 Å². The Bertz CT molecular complexity index is 946. The van der Waals surface area contributed by atoms with Crippen LogP contribution in [0.1, 0.15) is 15.9 Å². The van der Waals surface area contributed by atoms with E-state index in [9.17, 15) is 29.8 Å². The van der Waals surface area contributed by atoms with Crippen molar-refractivity contribution in [2.75, 3.05) is 11.9 Å². The minimum absolute atomic E-state index is 0.0668. The molecule has 0 bridgehead atoms. The highest BCUT2D eigenvalue weighted by Gasteiger charge is 2.23. The first kappa shape index (κ1) is 19.8. The molecule has 0 aliphatic rings. The van der Waals surface area contributed by atoms with E-state index < -0.39 is 34.0 Å². The van der Waals surface area contributed by atoms with Gasteiger partial charge in [-0.3, -0.25) is 25.0 Å². The van der Waals surface area contributed by atoms with Crippen molar-refractivity contribution >= 4 is 40.5 Å². The summed E-state index contributed by atoms with van der Waals surface area (Å²) in [6.07, 6.45) is 0. The van der Waals surface area contributed by atoms with Gasteiger partial charge in [-0.15, -0.1) is 0 Å². The summed E-state index contributed by atoms with van der Waals surface area (Å²) in [5.74, 6) is -1.84. The van der Waals surface area contributed by atoms with Crippen molar-refractivity contribution in [2.45, 2.75) is 6.92 Å². The van der Waals surface area contributed by atoms with Crippen LogP contribution in [0.4, 0.5) is 17.1 Å². The third-order valence-electron chi connectivity index (χ3n) is 3.49. The van der Waals surface area contributed by atoms with Gasteiger partial charge in [-0.1, -0.05) is 17.7 Å². The van der Waals surface area contributed by atoms with E-state index in [4.69, 9.17) is 16.3 Å². The van der Waals surface area contributed by atoms with E-state index in [-0.39, 0.29) is 27.5 Å². The Kier molecular flexibility index (Phi) is 6.03. The summed E-state index contributed by atoms with van der Waals surface area (Å²) in [5.41, 5.74) is -0.675. The fraction of sp³-hybridized carbons (Fsp3) is 0.125. The van der Waals surface area contributed by atoms with Gasteiger partial charge in [-0.25, -0.2) is 4.79 Å². The average molecular weight is 394 g/mol. The van der Waals surface area contributed by atoms with Gasteiger partial charge >= 0.3 is 5.97 Å². The van der Waals surface area contributed by atoms with Crippen LogP contribution in [-0.2, 0) is 9.53 Å². The quantitative estimate of drug-likeness (QED) is 0.450. The number of ether oxygens (including phenoxy) is 1. The summed E-state index contributed by atoms with van der Waals surface area (Å²) in [6.45, 7) is 0.720. The van der Waals surface area contributed by atoms with Gasteiger partial charge in [0.25, 0.3) is 17.3 Å². The maximum absolute atomic E-state index is 12.0. The number of anilines is 1. The van der Waals surface area contributed by atoms with Gasteiger partial charge in [0, 0.05) is 17.2 Å². The van der Waals surface area contributed by atoms with Crippen LogP contribution in [-0.4, -0.2) is 28.3 Å². The van der Waals surface area contributed by atoms with Gasteiger partial charge in [0.2, 0.25) is 0 Å². The number of amides is 1. The maximum Gasteiger partial charge on any atom is 0.345 e. The molecule has 2 aromatic rings. The lowest BCUT2D eigenvalue weighted by Gasteiger charge is -2.09. The molecule has 0 heterocycles. The SMILES string of the molecule is Cc1c(NC(=O)COC(=O)c2ccc(Cl)cc2[N+](=O)[O-])cccc1[N+](=O)[O-]. The minimum atomic E-state index is -1.08. The Morgan fingerprint density at radius 1 is 1.11 bits per heavy atom. The van der Waals surface area contributed by atoms with E-state index in [1.807, 2.05) is 0 Å². The minimum Gasteiger partial charge on any atom is -0.452 e. The van der Waals surface area contributed by atoms with Crippen molar-refractivity contribution < 1.29 is 24.2 Å². The van der Waals surface area contributed by atoms with Crippen molar-refractivity contribution in [3.05, 3.63) is 72.8 Å². The summed E-state index contributed by atoms with van der Waals surface area (Å²) in [5, 5.41) is 24.3. The molecule has 140 valence electrons. The molecule has 0 aromatic heterocycles. The Morgan fingerprint density at radius 2 is 1.78 bits per heavy atom. The highest BCUT2D eigenvalue weighted by molar-refractivity contribution is 6.31. The molecule has 0 radical (unpaired) electrons. The zero-order valence-electron chi connectivity index (χ0n) is 13.8. The average Bonchev–Trinajstić information content (AvgIpc) is 2.61. The van der Waals surface area contributed by atoms with Crippen LogP contribution < -0.4 is 5.32 Å². The second kappa shape index (κ2) is 8.23. The molecule has 0 aliphatic heterocycles. The first-order valence-electron chi connectivity index (χ1n) is 7.35. The fourth-order valence-corrected chi connectivity index (χ4v) is 2.35. The van der Waals surface area contributed by atoms with Crippen LogP contribution >= 0.6 is 11.6 Å². The highest BCUT2D eigenvalue weighted by Crippen LogP contribution is 2.25. The van der Waals surface area contributed by atoms with E-state index in [0.717, 1.165) is 12.1 Å². The van der Waals surface area contributed by atoms with Crippen LogP contribution in [0.25, 0.3) is 0 Å². The molecule has 0 unspecified atom stereocenters. The predicted octanol–water partition coefficient (Wildman–Crippen LogP) is 3.26. The zero-order valence-corrected chi connectivity index (χ0v) is 14.6. The third kappa shape index (κ3) is 4.76. The fourth-order valence-electron chi connectivity index (χ4n) is 2.18. The van der Waals surface area contributed by atoms with Crippen LogP contribution in [0.5, 0.6) is 0 Å². The standard InChI is InChI=1S/C16H12ClN3O7/c1-9-12(3-2-4-13(9)19(23)24)18-15(21)8-27-16(22)11-6-5-10(17)7-14(11)20(25)26/h2-7H,8H2,1H3,(H,18,21). The number of nitrogens with one attached hydrogen (secondary N) is 1. The topological polar surface area (TPSA) is 142 Å². The number of hydrogen-bond acceptors (Lipinski definition) is 7. The van der Waals surface area contributed by atoms with Crippen molar-refractivity contribution in [3.8, 4) is 0 Å². The summed E-state index contributed by atoms with van der Waals surface area (Å²) in [7, 11) is 0. The Labute approximate surface area is 157 Å². The number of nitrogens with zero attached hydrogens (tertiary/aromatic N) is 2. The summed E-state index contributed by atoms with van der Waals surface area (Å²) in [6, 6.07) is 7.51. The Balaban J connectivity index is 2.07. The van der Waals surface area contributed by atoms with Crippen molar-refractivity contribution in [1.82, 2.24) is 0 Å². The molecule has 0 spiro atoms. The maximum atomic E-state index is 12.0. The Hall–Kier alpha value is -3.53. The van der Waals surface area contributed by atoms with Crippen molar-refractivity contribution in [2.24, 2.45) is 0 Å². The molecule has 0 saturated heterocycles. The van der Waals surface area contributed by atoms with Crippen molar-refractivity contribution in [3.63, 3.8) is 0 Å². The van der Waals surface area contributed by atoms with Gasteiger partial charge in [0.15, 0.2) is 6.61 Å². The molecule has 10 nitrogen and oxygen atoms in total. The van der Waals surface area contributed by atoms with Gasteiger partial charge in [-0.2, -0.15) is 0 Å². The number of benzene rings is 2. The number of carbonyl (C=O) groups excluding carboxylic acids is 2. The number of nitro benzene ring substituents is 2. The molecular weight excluding hydrogens is 382 g/mol. The zero-order chi connectivity index (χ0) is 20.1. The Morgan fingerprint density at radius 3 is 2.41 bits per heavy atom. The predicted molar refractivity (Wildman–Crippen MR) is 94.9 cm³/mol. The lowest BCUT2D eigenvalue weighted by molar-refractivity contribution is -0.385. The molecular formula is C16H12ClN3O7. The molecule has 27 heavy (non-hydrogen) atoms. The number of hydrogen-bond donors (Lipinski definition) is 1. The molecule has 0 saturated carbocycles. The third-order valence-corrected chi connectivity index (χ3v) is 3.72. The molecule has 1 N–H and O–H groups in total. The number of esters is 1. The van der Waals surface area contributed by atoms with E-state index >= 15 is 0 Å². The first-order chi connectivity index (χ1) is 12.7. The number of halogens is 1. The van der Waals surface area contributed by atoms with Crippen LogP contribution in [0.3, 0.4) is 0 Å². The normalized spacial score (nSPS) is 10.1. The first-order valence-corrected chi connectivity index (χ1v) is 7.73. The molecule has 11 heteroatoms. The molecule has 2 aromatic carbocycles. The molecule has 1 amide bonds. The number of rotatable bonds is 6. The molecule has 2 rings (SSSR count). The van der Waals surface area contributed by atoms with E-state index in [0.29, 0.717) is 0 Å².